The van der Waals surface area contributed by atoms with E-state index in [1.807, 2.05) is 0 Å². The molecule has 8 heteroatoms. The summed E-state index contributed by atoms with van der Waals surface area (Å²) in [7, 11) is 1.73. The fourth-order valence-electron chi connectivity index (χ4n) is 2.91. The zero-order valence-corrected chi connectivity index (χ0v) is 13.7. The van der Waals surface area contributed by atoms with Gasteiger partial charge in [0.1, 0.15) is 12.4 Å². The molecule has 0 aromatic heterocycles. The van der Waals surface area contributed by atoms with Crippen LogP contribution in [0.3, 0.4) is 0 Å². The second-order valence-corrected chi connectivity index (χ2v) is 6.21. The Hall–Kier alpha value is -2.74. The van der Waals surface area contributed by atoms with Crippen LogP contribution in [-0.4, -0.2) is 25.4 Å². The molecular formula is C18H15F4N2O2+. The second-order valence-electron chi connectivity index (χ2n) is 6.21. The average Bonchev–Trinajstić information content (AvgIpc) is 2.79. The second kappa shape index (κ2) is 6.53. The highest BCUT2D eigenvalue weighted by molar-refractivity contribution is 6.52. The first-order valence-electron chi connectivity index (χ1n) is 7.80. The van der Waals surface area contributed by atoms with Gasteiger partial charge in [-0.2, -0.15) is 13.2 Å². The summed E-state index contributed by atoms with van der Waals surface area (Å²) in [4.78, 5) is 26.0. The van der Waals surface area contributed by atoms with Crippen LogP contribution in [0, 0.1) is 5.82 Å². The lowest BCUT2D eigenvalue weighted by Crippen LogP contribution is -3.09. The molecule has 3 rings (SSSR count). The van der Waals surface area contributed by atoms with Crippen LogP contribution in [0.4, 0.5) is 23.2 Å². The van der Waals surface area contributed by atoms with Crippen molar-refractivity contribution in [1.29, 1.82) is 0 Å². The normalized spacial score (nSPS) is 15.3. The Balaban J connectivity index is 1.73. The van der Waals surface area contributed by atoms with E-state index >= 15 is 0 Å². The first-order chi connectivity index (χ1) is 12.2. The molecule has 4 nitrogen and oxygen atoms in total. The number of carbonyl (C=O) groups is 2. The number of Topliss-reactive ketones (excluding diaryl/α,β-unsaturated/α-hetero) is 1. The molecule has 0 saturated carbocycles. The Morgan fingerprint density at radius 3 is 2.31 bits per heavy atom. The zero-order chi connectivity index (χ0) is 19.1. The number of ketones is 1. The number of hydrogen-bond donors (Lipinski definition) is 1. The van der Waals surface area contributed by atoms with Crippen molar-refractivity contribution in [2.45, 2.75) is 12.7 Å². The van der Waals surface area contributed by atoms with Gasteiger partial charge in [-0.25, -0.2) is 4.39 Å². The maximum atomic E-state index is 13.5. The Morgan fingerprint density at radius 1 is 1.04 bits per heavy atom. The molecule has 136 valence electrons. The summed E-state index contributed by atoms with van der Waals surface area (Å²) in [6, 6.07) is 8.26. The molecule has 1 amide bonds. The van der Waals surface area contributed by atoms with Crippen LogP contribution in [0.1, 0.15) is 21.5 Å². The van der Waals surface area contributed by atoms with Crippen LogP contribution >= 0.6 is 0 Å². The van der Waals surface area contributed by atoms with Crippen molar-refractivity contribution in [3.63, 3.8) is 0 Å². The van der Waals surface area contributed by atoms with Crippen molar-refractivity contribution in [3.05, 3.63) is 65.0 Å². The highest BCUT2D eigenvalue weighted by Crippen LogP contribution is 2.29. The van der Waals surface area contributed by atoms with E-state index in [1.165, 1.54) is 23.1 Å². The monoisotopic (exact) mass is 367 g/mol. The number of benzene rings is 2. The van der Waals surface area contributed by atoms with Gasteiger partial charge >= 0.3 is 12.1 Å². The van der Waals surface area contributed by atoms with E-state index in [-0.39, 0.29) is 17.9 Å². The third-order valence-electron chi connectivity index (χ3n) is 4.15. The van der Waals surface area contributed by atoms with Gasteiger partial charge in [-0.3, -0.25) is 14.5 Å². The molecule has 0 fully saturated rings. The topological polar surface area (TPSA) is 41.8 Å². The van der Waals surface area contributed by atoms with E-state index in [0.29, 0.717) is 12.1 Å². The third kappa shape index (κ3) is 3.45. The number of nitrogens with one attached hydrogen (secondary N) is 1. The predicted molar refractivity (Wildman–Crippen MR) is 85.1 cm³/mol. The van der Waals surface area contributed by atoms with Gasteiger partial charge in [0.25, 0.3) is 5.78 Å². The van der Waals surface area contributed by atoms with Crippen LogP contribution < -0.4 is 9.80 Å². The van der Waals surface area contributed by atoms with Gasteiger partial charge in [0.15, 0.2) is 6.67 Å². The summed E-state index contributed by atoms with van der Waals surface area (Å²) in [5.41, 5.74) is 0.280. The molecule has 0 aliphatic carbocycles. The highest BCUT2D eigenvalue weighted by Gasteiger charge is 2.37. The molecule has 1 aliphatic heterocycles. The van der Waals surface area contributed by atoms with Gasteiger partial charge in [0.2, 0.25) is 0 Å². The summed E-state index contributed by atoms with van der Waals surface area (Å²) < 4.78 is 51.2. The first-order valence-corrected chi connectivity index (χ1v) is 7.80. The first kappa shape index (κ1) is 18.1. The summed E-state index contributed by atoms with van der Waals surface area (Å²) in [6.45, 7) is 0.419. The lowest BCUT2D eigenvalue weighted by Gasteiger charge is -2.22. The number of amides is 1. The van der Waals surface area contributed by atoms with Crippen LogP contribution in [-0.2, 0) is 17.5 Å². The standard InChI is InChI=1S/C18H14F4N2O2/c1-23(9-11-2-4-12(5-3-11)18(20,21)22)10-24-15-8-13(19)6-7-14(15)16(25)17(24)26/h2-8H,9-10H2,1H3/p+1. The van der Waals surface area contributed by atoms with Crippen molar-refractivity contribution in [1.82, 2.24) is 0 Å². The Bertz CT molecular complexity index is 862. The molecular weight excluding hydrogens is 352 g/mol. The lowest BCUT2D eigenvalue weighted by atomic mass is 10.1. The molecule has 0 bridgehead atoms. The summed E-state index contributed by atoms with van der Waals surface area (Å²) >= 11 is 0. The van der Waals surface area contributed by atoms with Crippen molar-refractivity contribution in [2.75, 3.05) is 18.6 Å². The summed E-state index contributed by atoms with van der Waals surface area (Å²) in [6.07, 6.45) is -4.40. The minimum absolute atomic E-state index is 0.0854. The van der Waals surface area contributed by atoms with E-state index in [9.17, 15) is 27.2 Å². The number of rotatable bonds is 4. The van der Waals surface area contributed by atoms with Crippen LogP contribution in [0.25, 0.3) is 0 Å². The molecule has 1 N–H and O–H groups in total. The van der Waals surface area contributed by atoms with Gasteiger partial charge in [-0.15, -0.1) is 0 Å². The molecule has 2 aromatic carbocycles. The van der Waals surface area contributed by atoms with Crippen LogP contribution in [0.2, 0.25) is 0 Å². The fourth-order valence-corrected chi connectivity index (χ4v) is 2.91. The van der Waals surface area contributed by atoms with Crippen molar-refractivity contribution in [2.24, 2.45) is 0 Å². The van der Waals surface area contributed by atoms with E-state index in [4.69, 9.17) is 0 Å². The molecule has 1 atom stereocenters. The van der Waals surface area contributed by atoms with Crippen LogP contribution in [0.5, 0.6) is 0 Å². The largest absolute Gasteiger partial charge is 0.416 e. The Kier molecular flexibility index (Phi) is 4.53. The van der Waals surface area contributed by atoms with E-state index in [0.717, 1.165) is 29.2 Å². The maximum Gasteiger partial charge on any atom is 0.416 e. The van der Waals surface area contributed by atoms with Gasteiger partial charge in [0.05, 0.1) is 23.9 Å². The maximum absolute atomic E-state index is 13.5. The van der Waals surface area contributed by atoms with Crippen molar-refractivity contribution >= 4 is 17.4 Å². The number of hydrogen-bond acceptors (Lipinski definition) is 2. The quantitative estimate of drug-likeness (QED) is 0.664. The SMILES string of the molecule is C[NH+](Cc1ccc(C(F)(F)F)cc1)CN1C(=O)C(=O)c2ccc(F)cc21. The molecule has 0 spiro atoms. The molecule has 26 heavy (non-hydrogen) atoms. The van der Waals surface area contributed by atoms with Gasteiger partial charge in [-0.05, 0) is 30.3 Å². The molecule has 2 aromatic rings. The predicted octanol–water partition coefficient (Wildman–Crippen LogP) is 2.05. The number of carbonyl (C=O) groups excluding carboxylic acids is 2. The van der Waals surface area contributed by atoms with E-state index in [1.54, 1.807) is 7.05 Å². The Labute approximate surface area is 146 Å². The van der Waals surface area contributed by atoms with Crippen molar-refractivity contribution < 1.29 is 32.1 Å². The molecule has 0 saturated heterocycles. The number of alkyl halides is 3. The van der Waals surface area contributed by atoms with E-state index < -0.39 is 29.2 Å². The van der Waals surface area contributed by atoms with Crippen molar-refractivity contribution in [3.8, 4) is 0 Å². The highest BCUT2D eigenvalue weighted by atomic mass is 19.4. The Morgan fingerprint density at radius 2 is 1.69 bits per heavy atom. The lowest BCUT2D eigenvalue weighted by molar-refractivity contribution is -0.892. The summed E-state index contributed by atoms with van der Waals surface area (Å²) in [5.74, 6) is -1.99. The number of nitrogens with zero attached hydrogens (tertiary/aromatic N) is 1. The fraction of sp³-hybridized carbons (Fsp3) is 0.222. The smallest absolute Gasteiger partial charge is 0.316 e. The van der Waals surface area contributed by atoms with Gasteiger partial charge in [-0.1, -0.05) is 12.1 Å². The molecule has 1 aliphatic rings. The van der Waals surface area contributed by atoms with E-state index in [2.05, 4.69) is 0 Å². The average molecular weight is 367 g/mol. The minimum atomic E-state index is -4.40. The summed E-state index contributed by atoms with van der Waals surface area (Å²) in [5, 5.41) is 0. The van der Waals surface area contributed by atoms with Crippen LogP contribution in [0.15, 0.2) is 42.5 Å². The zero-order valence-electron chi connectivity index (χ0n) is 13.7. The molecule has 0 radical (unpaired) electrons. The minimum Gasteiger partial charge on any atom is -0.316 e. The third-order valence-corrected chi connectivity index (χ3v) is 4.15. The number of quaternary nitrogens is 1. The molecule has 1 heterocycles. The number of halogens is 4. The molecule has 1 unspecified atom stereocenters. The number of fused-ring (bicyclic) bond motifs is 1. The van der Waals surface area contributed by atoms with Gasteiger partial charge < -0.3 is 4.90 Å². The van der Waals surface area contributed by atoms with Gasteiger partial charge in [0, 0.05) is 5.56 Å². The number of anilines is 1.